The van der Waals surface area contributed by atoms with E-state index in [1.54, 1.807) is 0 Å². The van der Waals surface area contributed by atoms with Gasteiger partial charge in [0.15, 0.2) is 11.6 Å². The third-order valence-corrected chi connectivity index (χ3v) is 3.46. The molecule has 0 radical (unpaired) electrons. The molecule has 0 spiro atoms. The Bertz CT molecular complexity index is 465. The Hall–Kier alpha value is -1.49. The number of hydrogen-bond acceptors (Lipinski definition) is 2. The van der Waals surface area contributed by atoms with Gasteiger partial charge in [-0.2, -0.15) is 0 Å². The van der Waals surface area contributed by atoms with Gasteiger partial charge in [0.05, 0.1) is 18.6 Å². The van der Waals surface area contributed by atoms with Crippen molar-refractivity contribution in [3.05, 3.63) is 35.4 Å². The summed E-state index contributed by atoms with van der Waals surface area (Å²) < 4.78 is 26.4. The van der Waals surface area contributed by atoms with Gasteiger partial charge in [0.25, 0.3) is 0 Å². The average molecular weight is 269 g/mol. The topological polar surface area (TPSA) is 49.3 Å². The van der Waals surface area contributed by atoms with Crippen LogP contribution in [0.15, 0.2) is 18.2 Å². The molecule has 0 saturated heterocycles. The van der Waals surface area contributed by atoms with E-state index in [4.69, 9.17) is 0 Å². The van der Waals surface area contributed by atoms with Crippen molar-refractivity contribution < 1.29 is 18.7 Å². The molecule has 0 heterocycles. The van der Waals surface area contributed by atoms with Gasteiger partial charge < -0.3 is 10.4 Å². The Morgan fingerprint density at radius 2 is 2.05 bits per heavy atom. The third-order valence-electron chi connectivity index (χ3n) is 3.46. The van der Waals surface area contributed by atoms with Gasteiger partial charge in [-0.15, -0.1) is 0 Å². The predicted octanol–water partition coefficient (Wildman–Crippen LogP) is 1.93. The van der Waals surface area contributed by atoms with Crippen molar-refractivity contribution in [3.63, 3.8) is 0 Å². The van der Waals surface area contributed by atoms with Crippen LogP contribution in [0.1, 0.15) is 31.2 Å². The van der Waals surface area contributed by atoms with Gasteiger partial charge in [0.2, 0.25) is 5.91 Å². The number of benzene rings is 1. The van der Waals surface area contributed by atoms with Crippen LogP contribution in [0, 0.1) is 11.6 Å². The number of halogens is 2. The predicted molar refractivity (Wildman–Crippen MR) is 66.5 cm³/mol. The number of carbonyl (C=O) groups excluding carboxylic acids is 1. The van der Waals surface area contributed by atoms with E-state index in [1.807, 2.05) is 0 Å². The summed E-state index contributed by atoms with van der Waals surface area (Å²) in [7, 11) is 0. The minimum Gasteiger partial charge on any atom is -0.391 e. The van der Waals surface area contributed by atoms with Crippen molar-refractivity contribution in [2.45, 2.75) is 44.2 Å². The zero-order valence-corrected chi connectivity index (χ0v) is 10.5. The molecule has 19 heavy (non-hydrogen) atoms. The number of nitrogens with one attached hydrogen (secondary N) is 1. The molecule has 1 aliphatic carbocycles. The van der Waals surface area contributed by atoms with Gasteiger partial charge in [-0.1, -0.05) is 25.0 Å². The molecule has 1 fully saturated rings. The SMILES string of the molecule is O=C(Cc1cccc(F)c1F)NC1CCCCC1O. The highest BCUT2D eigenvalue weighted by atomic mass is 19.2. The Morgan fingerprint density at radius 3 is 2.79 bits per heavy atom. The summed E-state index contributed by atoms with van der Waals surface area (Å²) in [5.41, 5.74) is 0.0304. The lowest BCUT2D eigenvalue weighted by molar-refractivity contribution is -0.122. The summed E-state index contributed by atoms with van der Waals surface area (Å²) in [6.45, 7) is 0. The number of aliphatic hydroxyl groups excluding tert-OH is 1. The van der Waals surface area contributed by atoms with Crippen molar-refractivity contribution in [1.29, 1.82) is 0 Å². The van der Waals surface area contributed by atoms with Crippen LogP contribution in [-0.2, 0) is 11.2 Å². The van der Waals surface area contributed by atoms with Crippen LogP contribution in [0.4, 0.5) is 8.78 Å². The number of hydrogen-bond donors (Lipinski definition) is 2. The second kappa shape index (κ2) is 6.10. The van der Waals surface area contributed by atoms with E-state index in [0.29, 0.717) is 6.42 Å². The van der Waals surface area contributed by atoms with Crippen LogP contribution in [0.2, 0.25) is 0 Å². The average Bonchev–Trinajstić information content (AvgIpc) is 2.38. The molecular weight excluding hydrogens is 252 g/mol. The Kier molecular flexibility index (Phi) is 4.47. The number of carbonyl (C=O) groups is 1. The van der Waals surface area contributed by atoms with Crippen molar-refractivity contribution in [2.24, 2.45) is 0 Å². The van der Waals surface area contributed by atoms with Gasteiger partial charge in [-0.3, -0.25) is 4.79 Å². The van der Waals surface area contributed by atoms with Crippen LogP contribution >= 0.6 is 0 Å². The van der Waals surface area contributed by atoms with Crippen molar-refractivity contribution in [1.82, 2.24) is 5.32 Å². The van der Waals surface area contributed by atoms with Gasteiger partial charge >= 0.3 is 0 Å². The molecule has 2 N–H and O–H groups in total. The lowest BCUT2D eigenvalue weighted by Gasteiger charge is -2.28. The molecule has 1 saturated carbocycles. The number of rotatable bonds is 3. The molecule has 1 aromatic carbocycles. The first-order valence-electron chi connectivity index (χ1n) is 6.48. The van der Waals surface area contributed by atoms with E-state index in [-0.39, 0.29) is 18.0 Å². The van der Waals surface area contributed by atoms with Crippen molar-refractivity contribution in [3.8, 4) is 0 Å². The molecule has 2 unspecified atom stereocenters. The van der Waals surface area contributed by atoms with Gasteiger partial charge in [0, 0.05) is 5.56 Å². The quantitative estimate of drug-likeness (QED) is 0.881. The first kappa shape index (κ1) is 13.9. The third kappa shape index (κ3) is 3.50. The van der Waals surface area contributed by atoms with Gasteiger partial charge in [-0.25, -0.2) is 8.78 Å². The molecule has 3 nitrogen and oxygen atoms in total. The molecule has 2 atom stereocenters. The minimum absolute atomic E-state index is 0.0304. The van der Waals surface area contributed by atoms with Gasteiger partial charge in [0.1, 0.15) is 0 Å². The molecular formula is C14H17F2NO2. The Morgan fingerprint density at radius 1 is 1.32 bits per heavy atom. The zero-order valence-electron chi connectivity index (χ0n) is 10.5. The van der Waals surface area contributed by atoms with Crippen molar-refractivity contribution >= 4 is 5.91 Å². The summed E-state index contributed by atoms with van der Waals surface area (Å²) in [6.07, 6.45) is 2.53. The van der Waals surface area contributed by atoms with E-state index in [0.717, 1.165) is 25.3 Å². The fraction of sp³-hybridized carbons (Fsp3) is 0.500. The van der Waals surface area contributed by atoms with E-state index < -0.39 is 23.6 Å². The van der Waals surface area contributed by atoms with Crippen molar-refractivity contribution in [2.75, 3.05) is 0 Å². The first-order chi connectivity index (χ1) is 9.08. The lowest BCUT2D eigenvalue weighted by Crippen LogP contribution is -2.45. The van der Waals surface area contributed by atoms with E-state index in [1.165, 1.54) is 12.1 Å². The number of aliphatic hydroxyl groups is 1. The highest BCUT2D eigenvalue weighted by molar-refractivity contribution is 5.79. The summed E-state index contributed by atoms with van der Waals surface area (Å²) >= 11 is 0. The van der Waals surface area contributed by atoms with E-state index >= 15 is 0 Å². The molecule has 1 aliphatic rings. The molecule has 1 aromatic rings. The molecule has 104 valence electrons. The Balaban J connectivity index is 1.95. The summed E-state index contributed by atoms with van der Waals surface area (Å²) in [5.74, 6) is -2.33. The molecule has 1 amide bonds. The largest absolute Gasteiger partial charge is 0.391 e. The summed E-state index contributed by atoms with van der Waals surface area (Å²) in [4.78, 5) is 11.8. The number of amides is 1. The second-order valence-electron chi connectivity index (χ2n) is 4.92. The minimum atomic E-state index is -0.984. The fourth-order valence-corrected chi connectivity index (χ4v) is 2.40. The maximum atomic E-state index is 13.4. The normalized spacial score (nSPS) is 23.1. The fourth-order valence-electron chi connectivity index (χ4n) is 2.40. The molecule has 2 rings (SSSR count). The summed E-state index contributed by atoms with van der Waals surface area (Å²) in [6, 6.07) is 3.49. The maximum Gasteiger partial charge on any atom is 0.224 e. The maximum absolute atomic E-state index is 13.4. The van der Waals surface area contributed by atoms with Gasteiger partial charge in [-0.05, 0) is 18.9 Å². The van der Waals surface area contributed by atoms with Crippen LogP contribution < -0.4 is 5.32 Å². The second-order valence-corrected chi connectivity index (χ2v) is 4.92. The van der Waals surface area contributed by atoms with E-state index in [2.05, 4.69) is 5.32 Å². The standard InChI is InChI=1S/C14H17F2NO2/c15-10-5-3-4-9(14(10)16)8-13(19)17-11-6-1-2-7-12(11)18/h3-5,11-12,18H,1-2,6-8H2,(H,17,19). The summed E-state index contributed by atoms with van der Waals surface area (Å²) in [5, 5.41) is 12.4. The van der Waals surface area contributed by atoms with Crippen LogP contribution in [0.25, 0.3) is 0 Å². The molecule has 0 bridgehead atoms. The molecule has 0 aromatic heterocycles. The monoisotopic (exact) mass is 269 g/mol. The Labute approximate surface area is 110 Å². The van der Waals surface area contributed by atoms with E-state index in [9.17, 15) is 18.7 Å². The lowest BCUT2D eigenvalue weighted by atomic mass is 9.92. The van der Waals surface area contributed by atoms with Crippen LogP contribution in [0.5, 0.6) is 0 Å². The highest BCUT2D eigenvalue weighted by Gasteiger charge is 2.24. The zero-order chi connectivity index (χ0) is 13.8. The highest BCUT2D eigenvalue weighted by Crippen LogP contribution is 2.18. The molecule has 5 heteroatoms. The smallest absolute Gasteiger partial charge is 0.224 e. The first-order valence-corrected chi connectivity index (χ1v) is 6.48. The van der Waals surface area contributed by atoms with Crippen LogP contribution in [-0.4, -0.2) is 23.2 Å². The van der Waals surface area contributed by atoms with Crippen LogP contribution in [0.3, 0.4) is 0 Å². The molecule has 0 aliphatic heterocycles.